The molecule has 2 N–H and O–H groups in total. The summed E-state index contributed by atoms with van der Waals surface area (Å²) < 4.78 is 0. The van der Waals surface area contributed by atoms with Gasteiger partial charge in [-0.2, -0.15) is 0 Å². The van der Waals surface area contributed by atoms with Crippen LogP contribution in [0.3, 0.4) is 0 Å². The summed E-state index contributed by atoms with van der Waals surface area (Å²) >= 11 is 11.8. The van der Waals surface area contributed by atoms with Crippen LogP contribution in [0.1, 0.15) is 22.8 Å². The molecule has 0 spiro atoms. The standard InChI is InChI=1S/C16H15Cl2NO2/c1-16(21,11-5-3-2-4-6-11)10-19-15(20)13-8-7-12(17)9-14(13)18/h2-9,21H,10H2,1H3,(H,19,20). The largest absolute Gasteiger partial charge is 0.384 e. The highest BCUT2D eigenvalue weighted by Crippen LogP contribution is 2.22. The van der Waals surface area contributed by atoms with Gasteiger partial charge in [0.2, 0.25) is 0 Å². The highest BCUT2D eigenvalue weighted by atomic mass is 35.5. The average Bonchev–Trinajstić information content (AvgIpc) is 2.46. The highest BCUT2D eigenvalue weighted by Gasteiger charge is 2.24. The van der Waals surface area contributed by atoms with Crippen molar-refractivity contribution in [3.63, 3.8) is 0 Å². The van der Waals surface area contributed by atoms with Crippen molar-refractivity contribution in [3.05, 3.63) is 69.7 Å². The first kappa shape index (κ1) is 15.8. The molecule has 110 valence electrons. The number of hydrogen-bond acceptors (Lipinski definition) is 2. The fourth-order valence-electron chi connectivity index (χ4n) is 1.92. The first-order valence-corrected chi connectivity index (χ1v) is 7.17. The Morgan fingerprint density at radius 2 is 1.86 bits per heavy atom. The normalized spacial score (nSPS) is 13.5. The summed E-state index contributed by atoms with van der Waals surface area (Å²) in [5.41, 5.74) is -0.104. The molecule has 21 heavy (non-hydrogen) atoms. The molecule has 0 aliphatic rings. The van der Waals surface area contributed by atoms with Crippen LogP contribution in [0.25, 0.3) is 0 Å². The number of hydrogen-bond donors (Lipinski definition) is 2. The minimum Gasteiger partial charge on any atom is -0.384 e. The Bertz CT molecular complexity index is 642. The molecule has 1 unspecified atom stereocenters. The van der Waals surface area contributed by atoms with Crippen molar-refractivity contribution >= 4 is 29.1 Å². The monoisotopic (exact) mass is 323 g/mol. The van der Waals surface area contributed by atoms with Gasteiger partial charge in [0, 0.05) is 5.02 Å². The summed E-state index contributed by atoms with van der Waals surface area (Å²) in [6.07, 6.45) is 0. The number of aliphatic hydroxyl groups is 1. The Hall–Kier alpha value is -1.55. The zero-order valence-corrected chi connectivity index (χ0v) is 12.9. The van der Waals surface area contributed by atoms with Gasteiger partial charge in [0.15, 0.2) is 0 Å². The Labute approximate surface area is 133 Å². The number of benzene rings is 2. The fourth-order valence-corrected chi connectivity index (χ4v) is 2.41. The van der Waals surface area contributed by atoms with Gasteiger partial charge in [-0.3, -0.25) is 4.79 Å². The molecule has 0 aliphatic heterocycles. The molecule has 3 nitrogen and oxygen atoms in total. The van der Waals surface area contributed by atoms with E-state index in [1.54, 1.807) is 31.2 Å². The van der Waals surface area contributed by atoms with Crippen molar-refractivity contribution in [1.29, 1.82) is 0 Å². The van der Waals surface area contributed by atoms with E-state index in [-0.39, 0.29) is 17.5 Å². The third kappa shape index (κ3) is 3.97. The van der Waals surface area contributed by atoms with E-state index < -0.39 is 5.60 Å². The second-order valence-corrected chi connectivity index (χ2v) is 5.79. The average molecular weight is 324 g/mol. The molecular weight excluding hydrogens is 309 g/mol. The number of halogens is 2. The molecule has 1 atom stereocenters. The number of carbonyl (C=O) groups is 1. The summed E-state index contributed by atoms with van der Waals surface area (Å²) in [6.45, 7) is 1.72. The van der Waals surface area contributed by atoms with E-state index in [9.17, 15) is 9.90 Å². The molecule has 5 heteroatoms. The quantitative estimate of drug-likeness (QED) is 0.902. The number of amides is 1. The lowest BCUT2D eigenvalue weighted by Crippen LogP contribution is -2.38. The predicted molar refractivity (Wildman–Crippen MR) is 84.8 cm³/mol. The van der Waals surface area contributed by atoms with Crippen LogP contribution in [0.5, 0.6) is 0 Å². The molecule has 0 heterocycles. The molecule has 2 aromatic carbocycles. The van der Waals surface area contributed by atoms with Gasteiger partial charge in [-0.25, -0.2) is 0 Å². The minimum absolute atomic E-state index is 0.0782. The third-order valence-electron chi connectivity index (χ3n) is 3.16. The molecule has 0 aromatic heterocycles. The van der Waals surface area contributed by atoms with E-state index in [4.69, 9.17) is 23.2 Å². The van der Waals surface area contributed by atoms with Crippen LogP contribution in [0.4, 0.5) is 0 Å². The molecule has 0 saturated carbocycles. The third-order valence-corrected chi connectivity index (χ3v) is 3.71. The molecule has 0 radical (unpaired) electrons. The van der Waals surface area contributed by atoms with Crippen LogP contribution in [0.2, 0.25) is 10.0 Å². The zero-order valence-electron chi connectivity index (χ0n) is 11.4. The van der Waals surface area contributed by atoms with Crippen LogP contribution in [-0.2, 0) is 5.60 Å². The molecule has 2 aromatic rings. The zero-order chi connectivity index (χ0) is 15.5. The summed E-state index contributed by atoms with van der Waals surface area (Å²) in [6, 6.07) is 13.8. The Morgan fingerprint density at radius 1 is 1.19 bits per heavy atom. The maximum Gasteiger partial charge on any atom is 0.252 e. The Morgan fingerprint density at radius 3 is 2.48 bits per heavy atom. The van der Waals surface area contributed by atoms with Gasteiger partial charge in [0.1, 0.15) is 5.60 Å². The van der Waals surface area contributed by atoms with Gasteiger partial charge in [-0.1, -0.05) is 53.5 Å². The van der Waals surface area contributed by atoms with Crippen molar-refractivity contribution in [3.8, 4) is 0 Å². The number of nitrogens with one attached hydrogen (secondary N) is 1. The van der Waals surface area contributed by atoms with Crippen LogP contribution < -0.4 is 5.32 Å². The highest BCUT2D eigenvalue weighted by molar-refractivity contribution is 6.36. The summed E-state index contributed by atoms with van der Waals surface area (Å²) in [4.78, 5) is 12.1. The van der Waals surface area contributed by atoms with Crippen molar-refractivity contribution in [2.24, 2.45) is 0 Å². The van der Waals surface area contributed by atoms with Gasteiger partial charge in [0.05, 0.1) is 17.1 Å². The number of rotatable bonds is 4. The van der Waals surface area contributed by atoms with E-state index in [1.807, 2.05) is 18.2 Å². The van der Waals surface area contributed by atoms with Gasteiger partial charge in [-0.15, -0.1) is 0 Å². The van der Waals surface area contributed by atoms with E-state index in [2.05, 4.69) is 5.32 Å². The lowest BCUT2D eigenvalue weighted by atomic mass is 9.96. The van der Waals surface area contributed by atoms with E-state index in [1.165, 1.54) is 6.07 Å². The Balaban J connectivity index is 2.07. The van der Waals surface area contributed by atoms with Crippen LogP contribution in [0, 0.1) is 0 Å². The first-order chi connectivity index (χ1) is 9.90. The first-order valence-electron chi connectivity index (χ1n) is 6.41. The molecule has 0 saturated heterocycles. The molecule has 1 amide bonds. The van der Waals surface area contributed by atoms with Gasteiger partial charge in [-0.05, 0) is 30.7 Å². The fraction of sp³-hybridized carbons (Fsp3) is 0.188. The van der Waals surface area contributed by atoms with Crippen molar-refractivity contribution in [1.82, 2.24) is 5.32 Å². The van der Waals surface area contributed by atoms with Crippen LogP contribution in [-0.4, -0.2) is 17.6 Å². The Kier molecular flexibility index (Phi) is 4.88. The summed E-state index contributed by atoms with van der Waals surface area (Å²) in [7, 11) is 0. The second kappa shape index (κ2) is 6.48. The molecular formula is C16H15Cl2NO2. The van der Waals surface area contributed by atoms with E-state index in [0.717, 1.165) is 5.56 Å². The maximum absolute atomic E-state index is 12.1. The van der Waals surface area contributed by atoms with Crippen molar-refractivity contribution < 1.29 is 9.90 Å². The summed E-state index contributed by atoms with van der Waals surface area (Å²) in [5, 5.41) is 13.9. The van der Waals surface area contributed by atoms with E-state index >= 15 is 0 Å². The number of carbonyl (C=O) groups excluding carboxylic acids is 1. The van der Waals surface area contributed by atoms with Crippen molar-refractivity contribution in [2.75, 3.05) is 6.54 Å². The second-order valence-electron chi connectivity index (χ2n) is 4.95. The topological polar surface area (TPSA) is 49.3 Å². The predicted octanol–water partition coefficient (Wildman–Crippen LogP) is 3.63. The van der Waals surface area contributed by atoms with Gasteiger partial charge >= 0.3 is 0 Å². The molecule has 0 fully saturated rings. The lowest BCUT2D eigenvalue weighted by Gasteiger charge is -2.24. The molecule has 0 aliphatic carbocycles. The minimum atomic E-state index is -1.16. The van der Waals surface area contributed by atoms with Gasteiger partial charge in [0.25, 0.3) is 5.91 Å². The van der Waals surface area contributed by atoms with Crippen LogP contribution in [0.15, 0.2) is 48.5 Å². The van der Waals surface area contributed by atoms with E-state index in [0.29, 0.717) is 10.6 Å². The summed E-state index contributed by atoms with van der Waals surface area (Å²) in [5.74, 6) is -0.354. The van der Waals surface area contributed by atoms with Crippen LogP contribution >= 0.6 is 23.2 Å². The molecule has 0 bridgehead atoms. The van der Waals surface area contributed by atoms with Crippen molar-refractivity contribution in [2.45, 2.75) is 12.5 Å². The van der Waals surface area contributed by atoms with Gasteiger partial charge < -0.3 is 10.4 Å². The SMILES string of the molecule is CC(O)(CNC(=O)c1ccc(Cl)cc1Cl)c1ccccc1. The maximum atomic E-state index is 12.1. The molecule has 2 rings (SSSR count). The lowest BCUT2D eigenvalue weighted by molar-refractivity contribution is 0.0526. The smallest absolute Gasteiger partial charge is 0.252 e.